The Kier molecular flexibility index (Phi) is 5.69. The lowest BCUT2D eigenvalue weighted by Gasteiger charge is -2.37. The van der Waals surface area contributed by atoms with Crippen molar-refractivity contribution in [1.82, 2.24) is 4.90 Å². The molecular formula is C20H27NO5. The van der Waals surface area contributed by atoms with Gasteiger partial charge in [-0.1, -0.05) is 19.3 Å². The van der Waals surface area contributed by atoms with Gasteiger partial charge in [0.2, 0.25) is 5.91 Å². The summed E-state index contributed by atoms with van der Waals surface area (Å²) in [7, 11) is 3.14. The van der Waals surface area contributed by atoms with Crippen LogP contribution in [-0.4, -0.2) is 42.6 Å². The Hall–Kier alpha value is -2.24. The molecule has 0 aromatic heterocycles. The molecule has 1 fully saturated rings. The van der Waals surface area contributed by atoms with E-state index in [4.69, 9.17) is 9.47 Å². The largest absolute Gasteiger partial charge is 0.493 e. The number of carbonyl (C=O) groups is 2. The van der Waals surface area contributed by atoms with Crippen LogP contribution in [0.3, 0.4) is 0 Å². The predicted octanol–water partition coefficient (Wildman–Crippen LogP) is 3.18. The molecule has 1 saturated carbocycles. The maximum absolute atomic E-state index is 12.8. The highest BCUT2D eigenvalue weighted by molar-refractivity contribution is 5.78. The lowest BCUT2D eigenvalue weighted by Crippen LogP contribution is -2.41. The monoisotopic (exact) mass is 361 g/mol. The van der Waals surface area contributed by atoms with Gasteiger partial charge in [-0.15, -0.1) is 0 Å². The molecule has 1 aromatic carbocycles. The minimum atomic E-state index is -0.908. The van der Waals surface area contributed by atoms with Crippen molar-refractivity contribution in [3.8, 4) is 11.5 Å². The van der Waals surface area contributed by atoms with E-state index in [1.165, 1.54) is 19.3 Å². The molecule has 1 heterocycles. The van der Waals surface area contributed by atoms with Gasteiger partial charge in [-0.25, -0.2) is 0 Å². The number of carboxylic acid groups (broad SMARTS) is 1. The number of methoxy groups -OCH3 is 2. The van der Waals surface area contributed by atoms with E-state index in [-0.39, 0.29) is 12.3 Å². The van der Waals surface area contributed by atoms with Crippen molar-refractivity contribution in [2.75, 3.05) is 20.8 Å². The van der Waals surface area contributed by atoms with Crippen LogP contribution in [0.1, 0.15) is 55.7 Å². The van der Waals surface area contributed by atoms with Crippen molar-refractivity contribution in [2.45, 2.75) is 51.0 Å². The Balaban J connectivity index is 1.85. The maximum atomic E-state index is 12.8. The first-order valence-electron chi connectivity index (χ1n) is 9.29. The van der Waals surface area contributed by atoms with E-state index in [2.05, 4.69) is 0 Å². The zero-order valence-corrected chi connectivity index (χ0v) is 15.5. The second-order valence-electron chi connectivity index (χ2n) is 7.19. The molecule has 1 aliphatic heterocycles. The van der Waals surface area contributed by atoms with E-state index in [0.29, 0.717) is 36.8 Å². The molecule has 1 N–H and O–H groups in total. The molecule has 6 nitrogen and oxygen atoms in total. The molecule has 1 aliphatic carbocycles. The third-order valence-corrected chi connectivity index (χ3v) is 5.68. The number of nitrogens with zero attached hydrogens (tertiary/aromatic N) is 1. The molecule has 1 atom stereocenters. The van der Waals surface area contributed by atoms with Gasteiger partial charge in [-0.2, -0.15) is 0 Å². The first kappa shape index (κ1) is 18.5. The number of hydrogen-bond donors (Lipinski definition) is 1. The Morgan fingerprint density at radius 2 is 1.88 bits per heavy atom. The second-order valence-corrected chi connectivity index (χ2v) is 7.19. The van der Waals surface area contributed by atoms with Crippen molar-refractivity contribution >= 4 is 11.9 Å². The lowest BCUT2D eigenvalue weighted by atomic mass is 9.82. The van der Waals surface area contributed by atoms with Crippen LogP contribution < -0.4 is 9.47 Å². The number of ether oxygens (including phenoxy) is 2. The van der Waals surface area contributed by atoms with E-state index in [1.807, 2.05) is 12.1 Å². The van der Waals surface area contributed by atoms with Crippen molar-refractivity contribution in [1.29, 1.82) is 0 Å². The third-order valence-electron chi connectivity index (χ3n) is 5.68. The summed E-state index contributed by atoms with van der Waals surface area (Å²) < 4.78 is 10.7. The van der Waals surface area contributed by atoms with Gasteiger partial charge in [0.15, 0.2) is 11.5 Å². The first-order valence-corrected chi connectivity index (χ1v) is 9.29. The summed E-state index contributed by atoms with van der Waals surface area (Å²) in [6.45, 7) is 0.546. The Morgan fingerprint density at radius 1 is 1.19 bits per heavy atom. The first-order chi connectivity index (χ1) is 12.5. The summed E-state index contributed by atoms with van der Waals surface area (Å²) in [4.78, 5) is 26.0. The zero-order valence-electron chi connectivity index (χ0n) is 15.5. The van der Waals surface area contributed by atoms with Gasteiger partial charge in [-0.3, -0.25) is 9.59 Å². The number of hydrogen-bond acceptors (Lipinski definition) is 4. The van der Waals surface area contributed by atoms with Crippen molar-refractivity contribution in [3.63, 3.8) is 0 Å². The fourth-order valence-corrected chi connectivity index (χ4v) is 3.96. The molecule has 26 heavy (non-hydrogen) atoms. The van der Waals surface area contributed by atoms with Gasteiger partial charge < -0.3 is 19.5 Å². The number of carboxylic acids is 1. The fourth-order valence-electron chi connectivity index (χ4n) is 3.96. The molecule has 1 unspecified atom stereocenters. The second kappa shape index (κ2) is 7.98. The standard InChI is InChI=1S/C20H27NO5/c1-25-17-10-14-8-9-21(19(22)7-6-13-4-3-5-13)16(12-20(23)24)15(14)11-18(17)26-2/h10-11,13,16H,3-9,12H2,1-2H3,(H,23,24). The number of amides is 1. The fraction of sp³-hybridized carbons (Fsp3) is 0.600. The molecule has 0 saturated heterocycles. The van der Waals surface area contributed by atoms with Crippen molar-refractivity contribution in [2.24, 2.45) is 5.92 Å². The summed E-state index contributed by atoms with van der Waals surface area (Å²) in [5, 5.41) is 9.39. The van der Waals surface area contributed by atoms with E-state index in [1.54, 1.807) is 19.1 Å². The number of carbonyl (C=O) groups excluding carboxylic acids is 1. The smallest absolute Gasteiger partial charge is 0.305 e. The molecule has 0 bridgehead atoms. The Bertz CT molecular complexity index is 683. The molecule has 2 aliphatic rings. The number of benzene rings is 1. The van der Waals surface area contributed by atoms with E-state index in [0.717, 1.165) is 17.5 Å². The summed E-state index contributed by atoms with van der Waals surface area (Å²) in [6, 6.07) is 3.27. The van der Waals surface area contributed by atoms with Crippen LogP contribution in [-0.2, 0) is 16.0 Å². The topological polar surface area (TPSA) is 76.1 Å². The average molecular weight is 361 g/mol. The van der Waals surface area contributed by atoms with Gasteiger partial charge in [-0.05, 0) is 42.0 Å². The summed E-state index contributed by atoms with van der Waals surface area (Å²) in [6.07, 6.45) is 5.70. The normalized spacial score (nSPS) is 19.5. The molecular weight excluding hydrogens is 334 g/mol. The highest BCUT2D eigenvalue weighted by Gasteiger charge is 2.33. The van der Waals surface area contributed by atoms with Crippen LogP contribution in [0.5, 0.6) is 11.5 Å². The van der Waals surface area contributed by atoms with E-state index < -0.39 is 12.0 Å². The lowest BCUT2D eigenvalue weighted by molar-refractivity contribution is -0.141. The van der Waals surface area contributed by atoms with Gasteiger partial charge in [0.05, 0.1) is 26.7 Å². The van der Waals surface area contributed by atoms with Crippen LogP contribution >= 0.6 is 0 Å². The molecule has 0 spiro atoms. The number of aliphatic carboxylic acids is 1. The quantitative estimate of drug-likeness (QED) is 0.807. The molecule has 0 radical (unpaired) electrons. The molecule has 142 valence electrons. The average Bonchev–Trinajstić information content (AvgIpc) is 2.58. The Morgan fingerprint density at radius 3 is 2.46 bits per heavy atom. The summed E-state index contributed by atoms with van der Waals surface area (Å²) in [5.41, 5.74) is 1.88. The minimum Gasteiger partial charge on any atom is -0.493 e. The highest BCUT2D eigenvalue weighted by atomic mass is 16.5. The molecule has 3 rings (SSSR count). The molecule has 6 heteroatoms. The predicted molar refractivity (Wildman–Crippen MR) is 96.5 cm³/mol. The third kappa shape index (κ3) is 3.79. The van der Waals surface area contributed by atoms with Gasteiger partial charge in [0.1, 0.15) is 0 Å². The Labute approximate surface area is 154 Å². The highest BCUT2D eigenvalue weighted by Crippen LogP contribution is 2.40. The number of fused-ring (bicyclic) bond motifs is 1. The molecule has 1 aromatic rings. The van der Waals surface area contributed by atoms with Crippen LogP contribution in [0.2, 0.25) is 0 Å². The number of rotatable bonds is 7. The van der Waals surface area contributed by atoms with Crippen LogP contribution in [0.15, 0.2) is 12.1 Å². The maximum Gasteiger partial charge on any atom is 0.305 e. The van der Waals surface area contributed by atoms with Gasteiger partial charge in [0.25, 0.3) is 0 Å². The van der Waals surface area contributed by atoms with Crippen LogP contribution in [0.25, 0.3) is 0 Å². The zero-order chi connectivity index (χ0) is 18.7. The van der Waals surface area contributed by atoms with Crippen molar-refractivity contribution in [3.05, 3.63) is 23.3 Å². The van der Waals surface area contributed by atoms with E-state index >= 15 is 0 Å². The van der Waals surface area contributed by atoms with Gasteiger partial charge >= 0.3 is 5.97 Å². The van der Waals surface area contributed by atoms with E-state index in [9.17, 15) is 14.7 Å². The van der Waals surface area contributed by atoms with Gasteiger partial charge in [0, 0.05) is 13.0 Å². The van der Waals surface area contributed by atoms with Crippen molar-refractivity contribution < 1.29 is 24.2 Å². The van der Waals surface area contributed by atoms with Crippen LogP contribution in [0, 0.1) is 5.92 Å². The molecule has 1 amide bonds. The SMILES string of the molecule is COc1cc2c(cc1OC)C(CC(=O)O)N(C(=O)CCC1CCC1)CC2. The summed E-state index contributed by atoms with van der Waals surface area (Å²) in [5.74, 6) is 1.01. The minimum absolute atomic E-state index is 0.0589. The van der Waals surface area contributed by atoms with Crippen LogP contribution in [0.4, 0.5) is 0 Å². The summed E-state index contributed by atoms with van der Waals surface area (Å²) >= 11 is 0.